The largest absolute Gasteiger partial charge is 0.350 e. The Balaban J connectivity index is 1.67. The van der Waals surface area contributed by atoms with Crippen molar-refractivity contribution < 1.29 is 4.39 Å². The van der Waals surface area contributed by atoms with Crippen molar-refractivity contribution in [1.29, 1.82) is 0 Å². The number of fused-ring (bicyclic) bond motifs is 1. The molecule has 1 aromatic heterocycles. The fourth-order valence-electron chi connectivity index (χ4n) is 3.77. The van der Waals surface area contributed by atoms with Gasteiger partial charge in [0.1, 0.15) is 11.5 Å². The molecule has 6 nitrogen and oxygen atoms in total. The average molecular weight is 377 g/mol. The van der Waals surface area contributed by atoms with Crippen LogP contribution in [-0.4, -0.2) is 21.4 Å². The highest BCUT2D eigenvalue weighted by Gasteiger charge is 2.39. The molecule has 26 heavy (non-hydrogen) atoms. The summed E-state index contributed by atoms with van der Waals surface area (Å²) in [4.78, 5) is 4.35. The van der Waals surface area contributed by atoms with Gasteiger partial charge in [0.2, 0.25) is 0 Å². The number of benzene rings is 1. The summed E-state index contributed by atoms with van der Waals surface area (Å²) in [6, 6.07) is 4.76. The maximum atomic E-state index is 14.2. The van der Waals surface area contributed by atoms with Gasteiger partial charge >= 0.3 is 0 Å². The molecule has 0 amide bonds. The quantitative estimate of drug-likeness (QED) is 0.661. The van der Waals surface area contributed by atoms with Gasteiger partial charge in [0, 0.05) is 29.4 Å². The number of aromatic nitrogens is 2. The molecule has 1 aromatic carbocycles. The van der Waals surface area contributed by atoms with Crippen molar-refractivity contribution in [2.24, 2.45) is 17.4 Å². The van der Waals surface area contributed by atoms with Crippen LogP contribution in [0.1, 0.15) is 31.5 Å². The van der Waals surface area contributed by atoms with Gasteiger partial charge in [0.15, 0.2) is 5.82 Å². The van der Waals surface area contributed by atoms with Crippen molar-refractivity contribution in [1.82, 2.24) is 9.66 Å². The number of hydrogen-bond acceptors (Lipinski definition) is 5. The molecule has 1 unspecified atom stereocenters. The van der Waals surface area contributed by atoms with Crippen molar-refractivity contribution >= 4 is 23.0 Å². The molecule has 2 aliphatic rings. The van der Waals surface area contributed by atoms with Gasteiger partial charge in [-0.3, -0.25) is 0 Å². The van der Waals surface area contributed by atoms with Crippen molar-refractivity contribution in [3.63, 3.8) is 0 Å². The van der Waals surface area contributed by atoms with E-state index in [-0.39, 0.29) is 12.0 Å². The first-order valence-electron chi connectivity index (χ1n) is 8.76. The van der Waals surface area contributed by atoms with Gasteiger partial charge < -0.3 is 22.2 Å². The van der Waals surface area contributed by atoms with Crippen LogP contribution >= 0.6 is 11.6 Å². The first-order chi connectivity index (χ1) is 12.4. The fourth-order valence-corrected chi connectivity index (χ4v) is 3.93. The van der Waals surface area contributed by atoms with E-state index in [2.05, 4.69) is 15.7 Å². The molecule has 1 fully saturated rings. The summed E-state index contributed by atoms with van der Waals surface area (Å²) in [6.07, 6.45) is 9.17. The molecule has 0 radical (unpaired) electrons. The van der Waals surface area contributed by atoms with Crippen molar-refractivity contribution in [3.05, 3.63) is 53.3 Å². The van der Waals surface area contributed by atoms with Gasteiger partial charge in [0.25, 0.3) is 0 Å². The maximum Gasteiger partial charge on any atom is 0.174 e. The van der Waals surface area contributed by atoms with Crippen LogP contribution in [0.5, 0.6) is 0 Å². The second-order valence-corrected chi connectivity index (χ2v) is 7.52. The number of anilines is 1. The number of imidazole rings is 1. The van der Waals surface area contributed by atoms with Gasteiger partial charge in [-0.1, -0.05) is 11.6 Å². The SMILES string of the molecule is NC1CCC(C2(N)C=C(Nc3ccc(Cl)cc3F)c3nccn3N2)CC1. The number of hydrogen-bond donors (Lipinski definition) is 4. The monoisotopic (exact) mass is 376 g/mol. The first-order valence-corrected chi connectivity index (χ1v) is 9.14. The number of nitrogens with zero attached hydrogens (tertiary/aromatic N) is 2. The van der Waals surface area contributed by atoms with E-state index in [9.17, 15) is 4.39 Å². The lowest BCUT2D eigenvalue weighted by atomic mass is 9.78. The molecule has 1 aliphatic carbocycles. The van der Waals surface area contributed by atoms with E-state index in [0.717, 1.165) is 25.7 Å². The molecule has 6 N–H and O–H groups in total. The molecule has 1 saturated carbocycles. The summed E-state index contributed by atoms with van der Waals surface area (Å²) in [5, 5.41) is 3.47. The smallest absolute Gasteiger partial charge is 0.174 e. The molecule has 0 bridgehead atoms. The highest BCUT2D eigenvalue weighted by Crippen LogP contribution is 2.35. The number of halogens is 2. The number of nitrogens with one attached hydrogen (secondary N) is 2. The Morgan fingerprint density at radius 1 is 1.31 bits per heavy atom. The molecule has 138 valence electrons. The van der Waals surface area contributed by atoms with E-state index < -0.39 is 11.5 Å². The van der Waals surface area contributed by atoms with Gasteiger partial charge in [-0.05, 0) is 50.0 Å². The molecule has 8 heteroatoms. The zero-order chi connectivity index (χ0) is 18.3. The predicted octanol–water partition coefficient (Wildman–Crippen LogP) is 2.86. The normalized spacial score (nSPS) is 28.1. The minimum Gasteiger partial charge on any atom is -0.350 e. The molecule has 0 spiro atoms. The molecule has 2 aromatic rings. The second-order valence-electron chi connectivity index (χ2n) is 7.08. The standard InChI is InChI=1S/C18H22ClFN6/c19-12-3-6-15(14(20)9-12)24-16-10-18(22,11-1-4-13(21)5-2-11)25-26-8-7-23-17(16)26/h3,6-11,13,24-25H,1-2,4-5,21-22H2. The van der Waals surface area contributed by atoms with E-state index in [1.54, 1.807) is 29.2 Å². The summed E-state index contributed by atoms with van der Waals surface area (Å²) in [5.74, 6) is 0.443. The first kappa shape index (κ1) is 17.3. The van der Waals surface area contributed by atoms with Gasteiger partial charge in [0.05, 0.1) is 11.4 Å². The Labute approximate surface area is 156 Å². The van der Waals surface area contributed by atoms with Gasteiger partial charge in [-0.25, -0.2) is 14.1 Å². The van der Waals surface area contributed by atoms with Crippen LogP contribution in [-0.2, 0) is 0 Å². The van der Waals surface area contributed by atoms with Crippen LogP contribution in [0.25, 0.3) is 5.70 Å². The molecule has 2 heterocycles. The van der Waals surface area contributed by atoms with Gasteiger partial charge in [-0.15, -0.1) is 0 Å². The lowest BCUT2D eigenvalue weighted by Crippen LogP contribution is -2.58. The molecule has 0 saturated heterocycles. The van der Waals surface area contributed by atoms with Crippen LogP contribution in [0.15, 0.2) is 36.7 Å². The third kappa shape index (κ3) is 3.18. The Hall–Kier alpha value is -2.09. The predicted molar refractivity (Wildman–Crippen MR) is 101 cm³/mol. The summed E-state index contributed by atoms with van der Waals surface area (Å²) in [7, 11) is 0. The van der Waals surface area contributed by atoms with Crippen molar-refractivity contribution in [3.8, 4) is 0 Å². The van der Waals surface area contributed by atoms with Crippen LogP contribution in [0.4, 0.5) is 10.1 Å². The van der Waals surface area contributed by atoms with Gasteiger partial charge in [-0.2, -0.15) is 0 Å². The zero-order valence-corrected chi connectivity index (χ0v) is 15.0. The summed E-state index contributed by atoms with van der Waals surface area (Å²) < 4.78 is 16.0. The number of nitrogens with two attached hydrogens (primary N) is 2. The third-order valence-corrected chi connectivity index (χ3v) is 5.46. The van der Waals surface area contributed by atoms with E-state index in [1.807, 2.05) is 6.08 Å². The summed E-state index contributed by atoms with van der Waals surface area (Å²) >= 11 is 5.84. The third-order valence-electron chi connectivity index (χ3n) is 5.23. The zero-order valence-electron chi connectivity index (χ0n) is 14.3. The maximum absolute atomic E-state index is 14.2. The lowest BCUT2D eigenvalue weighted by molar-refractivity contribution is 0.239. The summed E-state index contributed by atoms with van der Waals surface area (Å²) in [6.45, 7) is 0. The molecule has 1 aliphatic heterocycles. The minimum absolute atomic E-state index is 0.227. The van der Waals surface area contributed by atoms with Crippen LogP contribution < -0.4 is 22.2 Å². The Morgan fingerprint density at radius 3 is 2.81 bits per heavy atom. The minimum atomic E-state index is -0.765. The fraction of sp³-hybridized carbons (Fsp3) is 0.389. The Kier molecular flexibility index (Phi) is 4.38. The van der Waals surface area contributed by atoms with E-state index in [4.69, 9.17) is 23.1 Å². The average Bonchev–Trinajstić information content (AvgIpc) is 3.06. The van der Waals surface area contributed by atoms with E-state index >= 15 is 0 Å². The second kappa shape index (κ2) is 6.57. The number of rotatable bonds is 3. The van der Waals surface area contributed by atoms with Crippen molar-refractivity contribution in [2.75, 3.05) is 10.7 Å². The molecular weight excluding hydrogens is 355 g/mol. The highest BCUT2D eigenvalue weighted by atomic mass is 35.5. The molecule has 4 rings (SSSR count). The summed E-state index contributed by atoms with van der Waals surface area (Å²) in [5.41, 5.74) is 16.3. The van der Waals surface area contributed by atoms with Crippen LogP contribution in [0.2, 0.25) is 5.02 Å². The molecule has 1 atom stereocenters. The van der Waals surface area contributed by atoms with Crippen molar-refractivity contribution in [2.45, 2.75) is 37.4 Å². The Morgan fingerprint density at radius 2 is 2.08 bits per heavy atom. The van der Waals surface area contributed by atoms with Crippen LogP contribution in [0.3, 0.4) is 0 Å². The van der Waals surface area contributed by atoms with E-state index in [1.165, 1.54) is 6.07 Å². The van der Waals surface area contributed by atoms with Crippen LogP contribution in [0, 0.1) is 11.7 Å². The topological polar surface area (TPSA) is 93.9 Å². The van der Waals surface area contributed by atoms with E-state index in [0.29, 0.717) is 22.2 Å². The molecular formula is C18H22ClFN6. The Bertz CT molecular complexity index is 842. The lowest BCUT2D eigenvalue weighted by Gasteiger charge is -2.42. The highest BCUT2D eigenvalue weighted by molar-refractivity contribution is 6.30.